The van der Waals surface area contributed by atoms with Gasteiger partial charge in [-0.05, 0) is 60.1 Å². The van der Waals surface area contributed by atoms with Crippen LogP contribution >= 0.6 is 0 Å². The van der Waals surface area contributed by atoms with Crippen molar-refractivity contribution in [3.63, 3.8) is 0 Å². The lowest BCUT2D eigenvalue weighted by molar-refractivity contribution is -0.116. The van der Waals surface area contributed by atoms with E-state index < -0.39 is 0 Å². The van der Waals surface area contributed by atoms with Gasteiger partial charge in [-0.2, -0.15) is 0 Å². The lowest BCUT2D eigenvalue weighted by Crippen LogP contribution is -2.20. The van der Waals surface area contributed by atoms with Crippen molar-refractivity contribution < 1.29 is 9.18 Å². The molecule has 1 fully saturated rings. The Hall–Kier alpha value is -2.62. The Bertz CT molecular complexity index is 1030. The molecule has 4 heteroatoms. The average molecular weight is 376 g/mol. The van der Waals surface area contributed by atoms with E-state index in [-0.39, 0.29) is 17.6 Å². The number of rotatable bonds is 3. The highest BCUT2D eigenvalue weighted by molar-refractivity contribution is 6.05. The van der Waals surface area contributed by atoms with E-state index in [1.807, 2.05) is 18.2 Å². The molecule has 1 atom stereocenters. The summed E-state index contributed by atoms with van der Waals surface area (Å²) in [5.74, 6) is 0.748. The van der Waals surface area contributed by atoms with Gasteiger partial charge in [-0.25, -0.2) is 4.39 Å². The molecular formula is C24H25FN2O. The van der Waals surface area contributed by atoms with E-state index >= 15 is 0 Å². The van der Waals surface area contributed by atoms with Gasteiger partial charge in [0, 0.05) is 24.5 Å². The zero-order valence-corrected chi connectivity index (χ0v) is 16.0. The van der Waals surface area contributed by atoms with E-state index in [2.05, 4.69) is 22.1 Å². The van der Waals surface area contributed by atoms with Crippen LogP contribution in [0.4, 0.5) is 10.1 Å². The van der Waals surface area contributed by atoms with Crippen molar-refractivity contribution in [2.75, 3.05) is 5.32 Å². The number of nitrogens with zero attached hydrogens (tertiary/aromatic N) is 1. The van der Waals surface area contributed by atoms with Crippen molar-refractivity contribution >= 4 is 22.5 Å². The molecule has 0 unspecified atom stereocenters. The molecule has 144 valence electrons. The van der Waals surface area contributed by atoms with Gasteiger partial charge in [-0.1, -0.05) is 37.5 Å². The van der Waals surface area contributed by atoms with Crippen molar-refractivity contribution in [3.8, 4) is 0 Å². The zero-order chi connectivity index (χ0) is 19.1. The molecule has 2 aromatic carbocycles. The van der Waals surface area contributed by atoms with Crippen molar-refractivity contribution in [2.45, 2.75) is 51.0 Å². The van der Waals surface area contributed by atoms with E-state index in [1.165, 1.54) is 49.1 Å². The Balaban J connectivity index is 1.62. The number of amides is 1. The van der Waals surface area contributed by atoms with E-state index in [0.29, 0.717) is 18.9 Å². The summed E-state index contributed by atoms with van der Waals surface area (Å²) in [5.41, 5.74) is 4.25. The van der Waals surface area contributed by atoms with E-state index in [1.54, 1.807) is 12.1 Å². The standard InChI is InChI=1S/C24H25FN2O/c25-18-9-4-6-16(12-18)14-27-15-20-19(17-7-2-1-3-8-17)13-23(28)26-21-10-5-11-22(27)24(20)21/h4-6,9-12,15,17,19H,1-3,7-8,13-14H2,(H,26,28)/t19-/m1/s1. The number of nitrogens with one attached hydrogen (secondary N) is 1. The molecule has 2 heterocycles. The number of carbonyl (C=O) groups is 1. The van der Waals surface area contributed by atoms with Crippen LogP contribution in [0.15, 0.2) is 48.7 Å². The van der Waals surface area contributed by atoms with Crippen molar-refractivity contribution in [1.29, 1.82) is 0 Å². The van der Waals surface area contributed by atoms with Crippen LogP contribution in [0.25, 0.3) is 10.9 Å². The summed E-state index contributed by atoms with van der Waals surface area (Å²) in [5, 5.41) is 4.30. The van der Waals surface area contributed by atoms with Crippen LogP contribution in [-0.2, 0) is 11.3 Å². The summed E-state index contributed by atoms with van der Waals surface area (Å²) in [4.78, 5) is 12.6. The van der Waals surface area contributed by atoms with E-state index in [9.17, 15) is 9.18 Å². The van der Waals surface area contributed by atoms with Gasteiger partial charge in [0.2, 0.25) is 5.91 Å². The number of anilines is 1. The molecule has 1 aromatic heterocycles. The lowest BCUT2D eigenvalue weighted by Gasteiger charge is -2.29. The van der Waals surface area contributed by atoms with Crippen LogP contribution < -0.4 is 5.32 Å². The fourth-order valence-electron chi connectivity index (χ4n) is 5.20. The molecule has 3 nitrogen and oxygen atoms in total. The summed E-state index contributed by atoms with van der Waals surface area (Å²) in [6.07, 6.45) is 9.02. The van der Waals surface area contributed by atoms with Crippen LogP contribution in [0, 0.1) is 11.7 Å². The van der Waals surface area contributed by atoms with Crippen LogP contribution in [0.3, 0.4) is 0 Å². The van der Waals surface area contributed by atoms with Gasteiger partial charge in [-0.3, -0.25) is 4.79 Å². The molecule has 28 heavy (non-hydrogen) atoms. The number of hydrogen-bond acceptors (Lipinski definition) is 1. The normalized spacial score (nSPS) is 20.2. The first-order chi connectivity index (χ1) is 13.7. The SMILES string of the molecule is O=C1C[C@H](C2CCCCC2)c2cn(Cc3cccc(F)c3)c3cccc(c23)N1. The first kappa shape index (κ1) is 17.5. The molecule has 1 saturated carbocycles. The predicted molar refractivity (Wildman–Crippen MR) is 110 cm³/mol. The second-order valence-corrected chi connectivity index (χ2v) is 8.30. The van der Waals surface area contributed by atoms with Gasteiger partial charge in [0.15, 0.2) is 0 Å². The van der Waals surface area contributed by atoms with Gasteiger partial charge >= 0.3 is 0 Å². The topological polar surface area (TPSA) is 34.0 Å². The van der Waals surface area contributed by atoms with Gasteiger partial charge in [0.05, 0.1) is 11.2 Å². The number of aromatic nitrogens is 1. The molecule has 1 amide bonds. The summed E-state index contributed by atoms with van der Waals surface area (Å²) in [6, 6.07) is 12.9. The van der Waals surface area contributed by atoms with Gasteiger partial charge < -0.3 is 9.88 Å². The minimum absolute atomic E-state index is 0.121. The highest BCUT2D eigenvalue weighted by atomic mass is 19.1. The monoisotopic (exact) mass is 376 g/mol. The Kier molecular flexibility index (Phi) is 4.42. The van der Waals surface area contributed by atoms with Crippen LogP contribution in [-0.4, -0.2) is 10.5 Å². The van der Waals surface area contributed by atoms with Crippen LogP contribution in [0.5, 0.6) is 0 Å². The van der Waals surface area contributed by atoms with Crippen LogP contribution in [0.1, 0.15) is 55.6 Å². The predicted octanol–water partition coefficient (Wildman–Crippen LogP) is 5.83. The van der Waals surface area contributed by atoms with Gasteiger partial charge in [-0.15, -0.1) is 0 Å². The molecule has 1 N–H and O–H groups in total. The summed E-state index contributed by atoms with van der Waals surface area (Å²) >= 11 is 0. The summed E-state index contributed by atoms with van der Waals surface area (Å²) in [6.45, 7) is 0.628. The van der Waals surface area contributed by atoms with Gasteiger partial charge in [0.25, 0.3) is 0 Å². The Morgan fingerprint density at radius 2 is 1.89 bits per heavy atom. The maximum atomic E-state index is 13.7. The summed E-state index contributed by atoms with van der Waals surface area (Å²) in [7, 11) is 0. The third-order valence-corrected chi connectivity index (χ3v) is 6.48. The highest BCUT2D eigenvalue weighted by Crippen LogP contribution is 2.45. The van der Waals surface area contributed by atoms with E-state index in [0.717, 1.165) is 16.8 Å². The molecule has 2 aliphatic rings. The third kappa shape index (κ3) is 3.11. The molecule has 0 bridgehead atoms. The fraction of sp³-hybridized carbons (Fsp3) is 0.375. The smallest absolute Gasteiger partial charge is 0.225 e. The molecule has 0 saturated heterocycles. The minimum atomic E-state index is -0.205. The summed E-state index contributed by atoms with van der Waals surface area (Å²) < 4.78 is 15.9. The van der Waals surface area contributed by atoms with Gasteiger partial charge in [0.1, 0.15) is 5.82 Å². The maximum absolute atomic E-state index is 13.7. The molecule has 1 aliphatic heterocycles. The third-order valence-electron chi connectivity index (χ3n) is 6.48. The first-order valence-corrected chi connectivity index (χ1v) is 10.3. The number of benzene rings is 2. The molecule has 0 radical (unpaired) electrons. The fourth-order valence-corrected chi connectivity index (χ4v) is 5.20. The average Bonchev–Trinajstić information content (AvgIpc) is 2.98. The van der Waals surface area contributed by atoms with Crippen LogP contribution in [0.2, 0.25) is 0 Å². The second kappa shape index (κ2) is 7.08. The largest absolute Gasteiger partial charge is 0.343 e. The molecule has 3 aromatic rings. The van der Waals surface area contributed by atoms with E-state index in [4.69, 9.17) is 0 Å². The maximum Gasteiger partial charge on any atom is 0.225 e. The molecule has 0 spiro atoms. The molecule has 1 aliphatic carbocycles. The van der Waals surface area contributed by atoms with Crippen molar-refractivity contribution in [1.82, 2.24) is 4.57 Å². The molecular weight excluding hydrogens is 351 g/mol. The first-order valence-electron chi connectivity index (χ1n) is 10.3. The zero-order valence-electron chi connectivity index (χ0n) is 16.0. The lowest BCUT2D eigenvalue weighted by atomic mass is 9.75. The van der Waals surface area contributed by atoms with Crippen molar-refractivity contribution in [3.05, 3.63) is 65.6 Å². The Labute approximate surface area is 164 Å². The van der Waals surface area contributed by atoms with Crippen molar-refractivity contribution in [2.24, 2.45) is 5.92 Å². The second-order valence-electron chi connectivity index (χ2n) is 8.30. The number of halogens is 1. The highest BCUT2D eigenvalue weighted by Gasteiger charge is 2.32. The molecule has 5 rings (SSSR count). The number of hydrogen-bond donors (Lipinski definition) is 1. The Morgan fingerprint density at radius 1 is 1.07 bits per heavy atom. The quantitative estimate of drug-likeness (QED) is 0.613. The Morgan fingerprint density at radius 3 is 2.71 bits per heavy atom. The minimum Gasteiger partial charge on any atom is -0.343 e. The number of carbonyl (C=O) groups excluding carboxylic acids is 1.